The third kappa shape index (κ3) is 4.27. The van der Waals surface area contributed by atoms with E-state index in [9.17, 15) is 13.2 Å². The van der Waals surface area contributed by atoms with Crippen LogP contribution in [0.2, 0.25) is 0 Å². The molecule has 0 spiro atoms. The Morgan fingerprint density at radius 1 is 1.15 bits per heavy atom. The van der Waals surface area contributed by atoms with Crippen molar-refractivity contribution >= 4 is 39.3 Å². The molecule has 0 aliphatic carbocycles. The number of aliphatic imine (C=N–C) groups is 1. The minimum absolute atomic E-state index is 0.134. The predicted molar refractivity (Wildman–Crippen MR) is 101 cm³/mol. The van der Waals surface area contributed by atoms with Gasteiger partial charge in [0.25, 0.3) is 0 Å². The lowest BCUT2D eigenvalue weighted by Crippen LogP contribution is -2.40. The number of cyclic esters (lactones) is 1. The monoisotopic (exact) mass is 390 g/mol. The second kappa shape index (κ2) is 6.79. The average molecular weight is 390 g/mol. The second-order valence-corrected chi connectivity index (χ2v) is 9.24. The highest BCUT2D eigenvalue weighted by molar-refractivity contribution is 7.89. The van der Waals surface area contributed by atoms with Gasteiger partial charge in [0.2, 0.25) is 15.9 Å². The van der Waals surface area contributed by atoms with Crippen molar-refractivity contribution in [1.82, 2.24) is 4.72 Å². The Balaban J connectivity index is 1.84. The smallest absolute Gasteiger partial charge is 0.363 e. The maximum Gasteiger partial charge on any atom is 0.363 e. The molecule has 26 heavy (non-hydrogen) atoms. The summed E-state index contributed by atoms with van der Waals surface area (Å²) in [5.74, 6) is -0.374. The molecule has 0 amide bonds. The number of benzene rings is 1. The second-order valence-electron chi connectivity index (χ2n) is 6.77. The summed E-state index contributed by atoms with van der Waals surface area (Å²) >= 11 is 1.52. The number of carbonyl (C=O) groups is 1. The molecule has 1 aromatic carbocycles. The van der Waals surface area contributed by atoms with Gasteiger partial charge >= 0.3 is 5.97 Å². The standard InChI is InChI=1S/C18H18N2O4S2/c1-18(2,3)20-26(22,23)14-6-4-13(5-7-14)16-19-15(17(21)24-16)10-12-8-9-25-11-12/h4-11,20H,1-3H3/b15-10-. The Morgan fingerprint density at radius 3 is 2.42 bits per heavy atom. The van der Waals surface area contributed by atoms with E-state index in [0.717, 1.165) is 5.56 Å². The summed E-state index contributed by atoms with van der Waals surface area (Å²) < 4.78 is 32.4. The first-order valence-electron chi connectivity index (χ1n) is 7.83. The summed E-state index contributed by atoms with van der Waals surface area (Å²) in [7, 11) is -3.62. The lowest BCUT2D eigenvalue weighted by molar-refractivity contribution is -0.129. The number of thiophene rings is 1. The zero-order chi connectivity index (χ0) is 18.9. The van der Waals surface area contributed by atoms with Gasteiger partial charge in [0.1, 0.15) is 0 Å². The number of hydrogen-bond donors (Lipinski definition) is 1. The molecule has 0 saturated heterocycles. The number of esters is 1. The van der Waals surface area contributed by atoms with Crippen LogP contribution in [0.5, 0.6) is 0 Å². The van der Waals surface area contributed by atoms with Crippen molar-refractivity contribution in [3.8, 4) is 0 Å². The quantitative estimate of drug-likeness (QED) is 0.642. The van der Waals surface area contributed by atoms with E-state index >= 15 is 0 Å². The Hall–Kier alpha value is -2.29. The molecular formula is C18H18N2O4S2. The number of rotatable bonds is 4. The van der Waals surface area contributed by atoms with E-state index in [1.165, 1.54) is 23.5 Å². The fraction of sp³-hybridized carbons (Fsp3) is 0.222. The number of sulfonamides is 1. The Morgan fingerprint density at radius 2 is 1.85 bits per heavy atom. The van der Waals surface area contributed by atoms with Crippen molar-refractivity contribution in [2.75, 3.05) is 0 Å². The van der Waals surface area contributed by atoms with Crippen molar-refractivity contribution in [3.63, 3.8) is 0 Å². The van der Waals surface area contributed by atoms with Crippen molar-refractivity contribution < 1.29 is 17.9 Å². The molecule has 0 fully saturated rings. The van der Waals surface area contributed by atoms with Gasteiger partial charge in [-0.3, -0.25) is 0 Å². The van der Waals surface area contributed by atoms with Crippen LogP contribution in [-0.2, 0) is 19.6 Å². The Bertz CT molecular complexity index is 981. The zero-order valence-corrected chi connectivity index (χ0v) is 16.1. The predicted octanol–water partition coefficient (Wildman–Crippen LogP) is 3.17. The van der Waals surface area contributed by atoms with E-state index in [-0.39, 0.29) is 16.5 Å². The number of ether oxygens (including phenoxy) is 1. The molecule has 0 atom stereocenters. The molecule has 2 heterocycles. The minimum Gasteiger partial charge on any atom is -0.402 e. The number of nitrogens with one attached hydrogen (secondary N) is 1. The summed E-state index contributed by atoms with van der Waals surface area (Å²) in [5, 5.41) is 3.80. The van der Waals surface area contributed by atoms with Crippen molar-refractivity contribution in [1.29, 1.82) is 0 Å². The lowest BCUT2D eigenvalue weighted by Gasteiger charge is -2.20. The number of hydrogen-bond acceptors (Lipinski definition) is 6. The Kier molecular flexibility index (Phi) is 4.83. The number of nitrogens with zero attached hydrogens (tertiary/aromatic N) is 1. The van der Waals surface area contributed by atoms with Gasteiger partial charge in [-0.2, -0.15) is 11.3 Å². The summed E-state index contributed by atoms with van der Waals surface area (Å²) in [5.41, 5.74) is 1.04. The Labute approximate surface area is 156 Å². The molecule has 0 unspecified atom stereocenters. The summed E-state index contributed by atoms with van der Waals surface area (Å²) in [6, 6.07) is 7.93. The SMILES string of the molecule is CC(C)(C)NS(=O)(=O)c1ccc(C2=N/C(=C\c3ccsc3)C(=O)O2)cc1. The summed E-state index contributed by atoms with van der Waals surface area (Å²) in [6.45, 7) is 5.31. The molecule has 6 nitrogen and oxygen atoms in total. The molecule has 136 valence electrons. The van der Waals surface area contributed by atoms with Crippen LogP contribution < -0.4 is 4.72 Å². The third-order valence-electron chi connectivity index (χ3n) is 3.32. The van der Waals surface area contributed by atoms with Gasteiger partial charge in [0, 0.05) is 11.1 Å². The van der Waals surface area contributed by atoms with Gasteiger partial charge in [-0.15, -0.1) is 0 Å². The first kappa shape index (κ1) is 18.5. The van der Waals surface area contributed by atoms with E-state index in [1.807, 2.05) is 16.8 Å². The lowest BCUT2D eigenvalue weighted by atomic mass is 10.1. The average Bonchev–Trinajstić information content (AvgIpc) is 3.16. The topological polar surface area (TPSA) is 84.8 Å². The maximum atomic E-state index is 12.3. The molecule has 0 bridgehead atoms. The van der Waals surface area contributed by atoms with Gasteiger partial charge in [-0.25, -0.2) is 22.9 Å². The number of carbonyl (C=O) groups excluding carboxylic acids is 1. The van der Waals surface area contributed by atoms with Crippen LogP contribution in [0.4, 0.5) is 0 Å². The highest BCUT2D eigenvalue weighted by Gasteiger charge is 2.25. The first-order chi connectivity index (χ1) is 12.1. The normalized spacial score (nSPS) is 16.7. The van der Waals surface area contributed by atoms with Crippen LogP contribution >= 0.6 is 11.3 Å². The fourth-order valence-electron chi connectivity index (χ4n) is 2.29. The van der Waals surface area contributed by atoms with Crippen LogP contribution in [0.3, 0.4) is 0 Å². The molecule has 1 aliphatic rings. The third-order valence-corrected chi connectivity index (χ3v) is 5.79. The zero-order valence-electron chi connectivity index (χ0n) is 14.5. The highest BCUT2D eigenvalue weighted by atomic mass is 32.2. The molecule has 1 N–H and O–H groups in total. The van der Waals surface area contributed by atoms with Crippen LogP contribution in [-0.4, -0.2) is 25.8 Å². The fourth-order valence-corrected chi connectivity index (χ4v) is 4.32. The van der Waals surface area contributed by atoms with Gasteiger partial charge in [0.05, 0.1) is 4.90 Å². The van der Waals surface area contributed by atoms with E-state index in [4.69, 9.17) is 4.74 Å². The van der Waals surface area contributed by atoms with E-state index < -0.39 is 21.5 Å². The maximum absolute atomic E-state index is 12.3. The minimum atomic E-state index is -3.62. The van der Waals surface area contributed by atoms with Gasteiger partial charge in [-0.05, 0) is 73.5 Å². The van der Waals surface area contributed by atoms with Crippen molar-refractivity contribution in [2.24, 2.45) is 4.99 Å². The molecular weight excluding hydrogens is 372 g/mol. The van der Waals surface area contributed by atoms with E-state index in [1.54, 1.807) is 39.0 Å². The van der Waals surface area contributed by atoms with Crippen LogP contribution in [0.1, 0.15) is 31.9 Å². The van der Waals surface area contributed by atoms with E-state index in [2.05, 4.69) is 9.71 Å². The summed E-state index contributed by atoms with van der Waals surface area (Å²) in [6.07, 6.45) is 1.65. The molecule has 0 saturated carbocycles. The van der Waals surface area contributed by atoms with Crippen LogP contribution in [0.15, 0.2) is 56.7 Å². The summed E-state index contributed by atoms with van der Waals surface area (Å²) in [4.78, 5) is 16.3. The molecule has 1 aliphatic heterocycles. The molecule has 2 aromatic rings. The molecule has 8 heteroatoms. The largest absolute Gasteiger partial charge is 0.402 e. The highest BCUT2D eigenvalue weighted by Crippen LogP contribution is 2.21. The van der Waals surface area contributed by atoms with E-state index in [0.29, 0.717) is 5.56 Å². The first-order valence-corrected chi connectivity index (χ1v) is 10.3. The molecule has 0 radical (unpaired) electrons. The van der Waals surface area contributed by atoms with Crippen molar-refractivity contribution in [3.05, 3.63) is 57.9 Å². The van der Waals surface area contributed by atoms with Crippen LogP contribution in [0.25, 0.3) is 6.08 Å². The van der Waals surface area contributed by atoms with Gasteiger partial charge in [0.15, 0.2) is 5.70 Å². The van der Waals surface area contributed by atoms with Gasteiger partial charge in [-0.1, -0.05) is 0 Å². The van der Waals surface area contributed by atoms with Gasteiger partial charge < -0.3 is 4.74 Å². The molecule has 1 aromatic heterocycles. The van der Waals surface area contributed by atoms with Crippen molar-refractivity contribution in [2.45, 2.75) is 31.2 Å². The molecule has 3 rings (SSSR count). The van der Waals surface area contributed by atoms with Crippen LogP contribution in [0, 0.1) is 0 Å².